The number of ether oxygens (including phenoxy) is 1. The first kappa shape index (κ1) is 18.4. The molecule has 1 atom stereocenters. The van der Waals surface area contributed by atoms with Gasteiger partial charge in [0, 0.05) is 19.2 Å². The second kappa shape index (κ2) is 6.92. The molecule has 0 aromatic heterocycles. The molecule has 0 saturated heterocycles. The number of hydrogen-bond donors (Lipinski definition) is 1. The lowest BCUT2D eigenvalue weighted by Crippen LogP contribution is -2.40. The van der Waals surface area contributed by atoms with Crippen molar-refractivity contribution in [2.75, 3.05) is 13.7 Å². The smallest absolute Gasteiger partial charge is 0.240 e. The number of methoxy groups -OCH3 is 1. The van der Waals surface area contributed by atoms with E-state index < -0.39 is 38.0 Å². The highest BCUT2D eigenvalue weighted by molar-refractivity contribution is 7.89. The zero-order valence-corrected chi connectivity index (χ0v) is 13.8. The van der Waals surface area contributed by atoms with E-state index in [0.717, 1.165) is 12.1 Å². The van der Waals surface area contributed by atoms with Gasteiger partial charge in [0.2, 0.25) is 10.0 Å². The summed E-state index contributed by atoms with van der Waals surface area (Å²) in [6, 6.07) is 8.04. The molecule has 0 aliphatic rings. The molecule has 4 nitrogen and oxygen atoms in total. The molecule has 24 heavy (non-hydrogen) atoms. The molecule has 0 radical (unpaired) electrons. The summed E-state index contributed by atoms with van der Waals surface area (Å²) < 4.78 is 72.1. The van der Waals surface area contributed by atoms with E-state index in [1.807, 2.05) is 0 Å². The number of hydrogen-bond acceptors (Lipinski definition) is 3. The molecule has 0 saturated carbocycles. The van der Waals surface area contributed by atoms with Gasteiger partial charge in [-0.15, -0.1) is 0 Å². The van der Waals surface area contributed by atoms with Crippen molar-refractivity contribution in [2.24, 2.45) is 0 Å². The molecule has 8 heteroatoms. The zero-order chi connectivity index (χ0) is 18.0. The van der Waals surface area contributed by atoms with Gasteiger partial charge in [0.05, 0.1) is 4.90 Å². The topological polar surface area (TPSA) is 55.4 Å². The third kappa shape index (κ3) is 3.77. The van der Waals surface area contributed by atoms with Crippen LogP contribution in [0.25, 0.3) is 0 Å². The van der Waals surface area contributed by atoms with Crippen LogP contribution in [-0.2, 0) is 20.4 Å². The van der Waals surface area contributed by atoms with Crippen LogP contribution in [0.1, 0.15) is 12.5 Å². The van der Waals surface area contributed by atoms with Gasteiger partial charge in [-0.05, 0) is 31.2 Å². The minimum atomic E-state index is -4.12. The maximum Gasteiger partial charge on any atom is 0.240 e. The Kier molecular flexibility index (Phi) is 5.32. The van der Waals surface area contributed by atoms with E-state index >= 15 is 0 Å². The van der Waals surface area contributed by atoms with Crippen LogP contribution in [0.5, 0.6) is 0 Å². The summed E-state index contributed by atoms with van der Waals surface area (Å²) in [5, 5.41) is 0. The third-order valence-electron chi connectivity index (χ3n) is 3.70. The van der Waals surface area contributed by atoms with Crippen LogP contribution in [0, 0.1) is 17.5 Å². The summed E-state index contributed by atoms with van der Waals surface area (Å²) in [6.45, 7) is 1.21. The van der Waals surface area contributed by atoms with E-state index in [0.29, 0.717) is 6.07 Å². The van der Waals surface area contributed by atoms with Gasteiger partial charge < -0.3 is 4.74 Å². The predicted octanol–water partition coefficient (Wildman–Crippen LogP) is 2.94. The second-order valence-corrected chi connectivity index (χ2v) is 7.08. The fourth-order valence-electron chi connectivity index (χ4n) is 2.13. The largest absolute Gasteiger partial charge is 0.372 e. The SMILES string of the molecule is COC(C)(CNS(=O)(=O)c1ccc(F)c(F)c1)c1ccccc1F. The molecule has 0 fully saturated rings. The first-order chi connectivity index (χ1) is 11.2. The van der Waals surface area contributed by atoms with Crippen molar-refractivity contribution in [3.05, 3.63) is 65.5 Å². The summed E-state index contributed by atoms with van der Waals surface area (Å²) in [7, 11) is -2.81. The lowest BCUT2D eigenvalue weighted by Gasteiger charge is -2.29. The van der Waals surface area contributed by atoms with E-state index in [1.54, 1.807) is 6.07 Å². The van der Waals surface area contributed by atoms with Crippen LogP contribution in [0.3, 0.4) is 0 Å². The first-order valence-corrected chi connectivity index (χ1v) is 8.43. The Balaban J connectivity index is 2.26. The normalized spacial score (nSPS) is 14.4. The third-order valence-corrected chi connectivity index (χ3v) is 5.09. The summed E-state index contributed by atoms with van der Waals surface area (Å²) >= 11 is 0. The van der Waals surface area contributed by atoms with Crippen molar-refractivity contribution in [1.82, 2.24) is 4.72 Å². The molecule has 0 bridgehead atoms. The molecule has 2 aromatic carbocycles. The fourth-order valence-corrected chi connectivity index (χ4v) is 3.27. The molecule has 130 valence electrons. The molecule has 0 aliphatic heterocycles. The Morgan fingerprint density at radius 3 is 2.29 bits per heavy atom. The predicted molar refractivity (Wildman–Crippen MR) is 82.3 cm³/mol. The Labute approximate surface area is 138 Å². The molecule has 0 amide bonds. The number of sulfonamides is 1. The van der Waals surface area contributed by atoms with E-state index in [9.17, 15) is 21.6 Å². The minimum Gasteiger partial charge on any atom is -0.372 e. The Morgan fingerprint density at radius 2 is 1.71 bits per heavy atom. The average molecular weight is 359 g/mol. The molecule has 1 unspecified atom stereocenters. The number of halogens is 3. The minimum absolute atomic E-state index is 0.167. The summed E-state index contributed by atoms with van der Waals surface area (Å²) in [4.78, 5) is -0.437. The molecule has 0 spiro atoms. The summed E-state index contributed by atoms with van der Waals surface area (Å²) in [6.07, 6.45) is 0. The maximum atomic E-state index is 14.0. The van der Waals surface area contributed by atoms with Crippen molar-refractivity contribution in [3.8, 4) is 0 Å². The lowest BCUT2D eigenvalue weighted by molar-refractivity contribution is 0.00410. The van der Waals surface area contributed by atoms with Crippen LogP contribution < -0.4 is 4.72 Å². The highest BCUT2D eigenvalue weighted by Gasteiger charge is 2.31. The van der Waals surface area contributed by atoms with Crippen LogP contribution in [0.2, 0.25) is 0 Å². The van der Waals surface area contributed by atoms with Crippen molar-refractivity contribution in [3.63, 3.8) is 0 Å². The van der Waals surface area contributed by atoms with Crippen molar-refractivity contribution in [1.29, 1.82) is 0 Å². The van der Waals surface area contributed by atoms with E-state index in [4.69, 9.17) is 4.74 Å². The molecular formula is C16H16F3NO3S. The van der Waals surface area contributed by atoms with Gasteiger partial charge in [-0.25, -0.2) is 26.3 Å². The molecule has 0 aliphatic carbocycles. The van der Waals surface area contributed by atoms with Gasteiger partial charge in [0.25, 0.3) is 0 Å². The van der Waals surface area contributed by atoms with Gasteiger partial charge in [-0.1, -0.05) is 18.2 Å². The van der Waals surface area contributed by atoms with Crippen LogP contribution >= 0.6 is 0 Å². The van der Waals surface area contributed by atoms with Gasteiger partial charge in [-0.2, -0.15) is 0 Å². The fraction of sp³-hybridized carbons (Fsp3) is 0.250. The van der Waals surface area contributed by atoms with Crippen molar-refractivity contribution in [2.45, 2.75) is 17.4 Å². The van der Waals surface area contributed by atoms with Crippen LogP contribution in [-0.4, -0.2) is 22.1 Å². The number of benzene rings is 2. The number of nitrogens with one attached hydrogen (secondary N) is 1. The lowest BCUT2D eigenvalue weighted by atomic mass is 9.95. The van der Waals surface area contributed by atoms with Gasteiger partial charge >= 0.3 is 0 Å². The van der Waals surface area contributed by atoms with Crippen LogP contribution in [0.4, 0.5) is 13.2 Å². The highest BCUT2D eigenvalue weighted by Crippen LogP contribution is 2.27. The molecule has 1 N–H and O–H groups in total. The second-order valence-electron chi connectivity index (χ2n) is 5.32. The Hall–Kier alpha value is -1.90. The molecule has 0 heterocycles. The van der Waals surface area contributed by atoms with E-state index in [1.165, 1.54) is 32.2 Å². The number of rotatable bonds is 6. The average Bonchev–Trinajstić information content (AvgIpc) is 2.55. The van der Waals surface area contributed by atoms with Gasteiger partial charge in [-0.3, -0.25) is 0 Å². The zero-order valence-electron chi connectivity index (χ0n) is 13.0. The van der Waals surface area contributed by atoms with Crippen LogP contribution in [0.15, 0.2) is 47.4 Å². The van der Waals surface area contributed by atoms with Gasteiger partial charge in [0.15, 0.2) is 11.6 Å². The standard InChI is InChI=1S/C16H16F3NO3S/c1-16(23-2,12-5-3-4-6-13(12)17)10-20-24(21,22)11-7-8-14(18)15(19)9-11/h3-9,20H,10H2,1-2H3. The van der Waals surface area contributed by atoms with E-state index in [2.05, 4.69) is 4.72 Å². The van der Waals surface area contributed by atoms with Gasteiger partial charge in [0.1, 0.15) is 11.4 Å². The Morgan fingerprint density at radius 1 is 1.04 bits per heavy atom. The summed E-state index contributed by atoms with van der Waals surface area (Å²) in [5.74, 6) is -2.97. The van der Waals surface area contributed by atoms with E-state index in [-0.39, 0.29) is 12.1 Å². The monoisotopic (exact) mass is 359 g/mol. The quantitative estimate of drug-likeness (QED) is 0.863. The maximum absolute atomic E-state index is 14.0. The molecule has 2 aromatic rings. The summed E-state index contributed by atoms with van der Waals surface area (Å²) in [5.41, 5.74) is -1.11. The molecular weight excluding hydrogens is 343 g/mol. The first-order valence-electron chi connectivity index (χ1n) is 6.94. The van der Waals surface area contributed by atoms with Crippen molar-refractivity contribution >= 4 is 10.0 Å². The highest BCUT2D eigenvalue weighted by atomic mass is 32.2. The Bertz CT molecular complexity index is 842. The van der Waals surface area contributed by atoms with Crippen molar-refractivity contribution < 1.29 is 26.3 Å². The molecule has 2 rings (SSSR count).